The number of ether oxygens (including phenoxy) is 1. The summed E-state index contributed by atoms with van der Waals surface area (Å²) < 4.78 is 5.56. The van der Waals surface area contributed by atoms with Crippen molar-refractivity contribution in [3.8, 4) is 5.75 Å². The van der Waals surface area contributed by atoms with Gasteiger partial charge in [-0.3, -0.25) is 0 Å². The van der Waals surface area contributed by atoms with E-state index in [-0.39, 0.29) is 29.9 Å². The Morgan fingerprint density at radius 1 is 1.24 bits per heavy atom. The Morgan fingerprint density at radius 3 is 2.29 bits per heavy atom. The third kappa shape index (κ3) is 7.04. The van der Waals surface area contributed by atoms with Crippen molar-refractivity contribution in [3.05, 3.63) is 29.8 Å². The molecule has 0 amide bonds. The molecule has 1 rings (SSSR count). The van der Waals surface area contributed by atoms with Gasteiger partial charge in [0.15, 0.2) is 5.96 Å². The minimum atomic E-state index is 0. The fraction of sp³-hybridized carbons (Fsp3) is 0.417. The summed E-state index contributed by atoms with van der Waals surface area (Å²) in [5, 5.41) is 0. The molecule has 0 aliphatic carbocycles. The zero-order valence-corrected chi connectivity index (χ0v) is 12.5. The fourth-order valence-electron chi connectivity index (χ4n) is 1.14. The van der Waals surface area contributed by atoms with E-state index in [2.05, 4.69) is 18.8 Å². The van der Waals surface area contributed by atoms with Crippen LogP contribution < -0.4 is 16.2 Å². The van der Waals surface area contributed by atoms with Gasteiger partial charge in [-0.25, -0.2) is 4.99 Å². The van der Waals surface area contributed by atoms with Gasteiger partial charge in [0.2, 0.25) is 0 Å². The summed E-state index contributed by atoms with van der Waals surface area (Å²) in [7, 11) is 0. The summed E-state index contributed by atoms with van der Waals surface area (Å²) in [5.74, 6) is 1.52. The van der Waals surface area contributed by atoms with Crippen molar-refractivity contribution < 1.29 is 4.74 Å². The molecule has 96 valence electrons. The lowest BCUT2D eigenvalue weighted by atomic mass is 10.2. The highest BCUT2D eigenvalue weighted by atomic mass is 127. The second kappa shape index (κ2) is 8.16. The SMILES string of the molecule is CC(C)COc1ccc(CN=C(N)N)cc1.I. The molecule has 0 unspecified atom stereocenters. The van der Waals surface area contributed by atoms with E-state index >= 15 is 0 Å². The normalized spacial score (nSPS) is 9.59. The summed E-state index contributed by atoms with van der Waals surface area (Å²) in [4.78, 5) is 3.93. The lowest BCUT2D eigenvalue weighted by molar-refractivity contribution is 0.271. The smallest absolute Gasteiger partial charge is 0.186 e. The Morgan fingerprint density at radius 2 is 1.82 bits per heavy atom. The molecule has 4 nitrogen and oxygen atoms in total. The first-order chi connectivity index (χ1) is 7.58. The van der Waals surface area contributed by atoms with Crippen LogP contribution >= 0.6 is 24.0 Å². The molecule has 0 aliphatic heterocycles. The lowest BCUT2D eigenvalue weighted by Crippen LogP contribution is -2.22. The van der Waals surface area contributed by atoms with Crippen LogP contribution in [0.4, 0.5) is 0 Å². The van der Waals surface area contributed by atoms with E-state index in [1.165, 1.54) is 0 Å². The number of rotatable bonds is 5. The minimum absolute atomic E-state index is 0. The average molecular weight is 349 g/mol. The van der Waals surface area contributed by atoms with E-state index in [1.807, 2.05) is 24.3 Å². The first kappa shape index (κ1) is 16.0. The van der Waals surface area contributed by atoms with Crippen LogP contribution in [0.5, 0.6) is 5.75 Å². The van der Waals surface area contributed by atoms with Crippen molar-refractivity contribution in [3.63, 3.8) is 0 Å². The molecule has 0 spiro atoms. The molecule has 17 heavy (non-hydrogen) atoms. The first-order valence-corrected chi connectivity index (χ1v) is 5.35. The van der Waals surface area contributed by atoms with Crippen LogP contribution in [0.3, 0.4) is 0 Å². The maximum atomic E-state index is 5.56. The van der Waals surface area contributed by atoms with Gasteiger partial charge in [0.25, 0.3) is 0 Å². The molecule has 0 aliphatic rings. The molecule has 0 heterocycles. The Kier molecular flexibility index (Phi) is 7.69. The molecule has 4 N–H and O–H groups in total. The molecule has 5 heteroatoms. The molecule has 0 fully saturated rings. The largest absolute Gasteiger partial charge is 0.493 e. The predicted octanol–water partition coefficient (Wildman–Crippen LogP) is 2.11. The third-order valence-electron chi connectivity index (χ3n) is 1.95. The Hall–Kier alpha value is -0.980. The van der Waals surface area contributed by atoms with Gasteiger partial charge in [0.1, 0.15) is 5.75 Å². The summed E-state index contributed by atoms with van der Waals surface area (Å²) >= 11 is 0. The van der Waals surface area contributed by atoms with Gasteiger partial charge in [-0.1, -0.05) is 26.0 Å². The number of guanidine groups is 1. The van der Waals surface area contributed by atoms with Crippen molar-refractivity contribution in [2.75, 3.05) is 6.61 Å². The Balaban J connectivity index is 0.00000256. The number of nitrogens with zero attached hydrogens (tertiary/aromatic N) is 1. The molecule has 0 saturated heterocycles. The van der Waals surface area contributed by atoms with Crippen molar-refractivity contribution >= 4 is 29.9 Å². The van der Waals surface area contributed by atoms with Crippen molar-refractivity contribution in [2.24, 2.45) is 22.4 Å². The van der Waals surface area contributed by atoms with E-state index in [4.69, 9.17) is 16.2 Å². The zero-order valence-electron chi connectivity index (χ0n) is 10.2. The van der Waals surface area contributed by atoms with Crippen LogP contribution in [0.25, 0.3) is 0 Å². The summed E-state index contributed by atoms with van der Waals surface area (Å²) in [6, 6.07) is 7.78. The van der Waals surface area contributed by atoms with Gasteiger partial charge >= 0.3 is 0 Å². The second-order valence-corrected chi connectivity index (χ2v) is 4.09. The molecule has 0 saturated carbocycles. The van der Waals surface area contributed by atoms with Crippen LogP contribution in [-0.2, 0) is 6.54 Å². The van der Waals surface area contributed by atoms with Gasteiger partial charge in [-0.2, -0.15) is 0 Å². The van der Waals surface area contributed by atoms with Crippen molar-refractivity contribution in [1.82, 2.24) is 0 Å². The maximum Gasteiger partial charge on any atom is 0.186 e. The minimum Gasteiger partial charge on any atom is -0.493 e. The third-order valence-corrected chi connectivity index (χ3v) is 1.95. The molecule has 0 bridgehead atoms. The monoisotopic (exact) mass is 349 g/mol. The van der Waals surface area contributed by atoms with Gasteiger partial charge < -0.3 is 16.2 Å². The van der Waals surface area contributed by atoms with Gasteiger partial charge in [-0.15, -0.1) is 24.0 Å². The van der Waals surface area contributed by atoms with E-state index in [1.54, 1.807) is 0 Å². The molecular formula is C12H20IN3O. The summed E-state index contributed by atoms with van der Waals surface area (Å²) in [6.45, 7) is 5.47. The Bertz CT molecular complexity index is 345. The number of nitrogens with two attached hydrogens (primary N) is 2. The topological polar surface area (TPSA) is 73.6 Å². The van der Waals surface area contributed by atoms with E-state index in [0.717, 1.165) is 17.9 Å². The van der Waals surface area contributed by atoms with Crippen molar-refractivity contribution in [2.45, 2.75) is 20.4 Å². The van der Waals surface area contributed by atoms with Crippen LogP contribution in [0.1, 0.15) is 19.4 Å². The average Bonchev–Trinajstić information content (AvgIpc) is 2.25. The summed E-state index contributed by atoms with van der Waals surface area (Å²) in [6.07, 6.45) is 0. The van der Waals surface area contributed by atoms with Crippen LogP contribution in [0, 0.1) is 5.92 Å². The first-order valence-electron chi connectivity index (χ1n) is 5.35. The fourth-order valence-corrected chi connectivity index (χ4v) is 1.14. The van der Waals surface area contributed by atoms with Crippen molar-refractivity contribution in [1.29, 1.82) is 0 Å². The number of hydrogen-bond acceptors (Lipinski definition) is 2. The van der Waals surface area contributed by atoms with E-state index in [9.17, 15) is 0 Å². The molecular weight excluding hydrogens is 329 g/mol. The molecule has 0 aromatic heterocycles. The highest BCUT2D eigenvalue weighted by Gasteiger charge is 1.97. The van der Waals surface area contributed by atoms with E-state index < -0.39 is 0 Å². The number of halogens is 1. The van der Waals surface area contributed by atoms with Crippen LogP contribution in [0.15, 0.2) is 29.3 Å². The van der Waals surface area contributed by atoms with Crippen LogP contribution in [-0.4, -0.2) is 12.6 Å². The van der Waals surface area contributed by atoms with E-state index in [0.29, 0.717) is 12.5 Å². The number of benzene rings is 1. The Labute approximate surface area is 119 Å². The van der Waals surface area contributed by atoms with Gasteiger partial charge in [-0.05, 0) is 23.6 Å². The number of aliphatic imine (C=N–C) groups is 1. The predicted molar refractivity (Wildman–Crippen MR) is 81.7 cm³/mol. The number of hydrogen-bond donors (Lipinski definition) is 2. The van der Waals surface area contributed by atoms with Gasteiger partial charge in [0.05, 0.1) is 13.2 Å². The zero-order chi connectivity index (χ0) is 12.0. The quantitative estimate of drug-likeness (QED) is 0.486. The highest BCUT2D eigenvalue weighted by Crippen LogP contribution is 2.13. The molecule has 1 aromatic rings. The molecule has 0 atom stereocenters. The molecule has 0 radical (unpaired) electrons. The van der Waals surface area contributed by atoms with Crippen LogP contribution in [0.2, 0.25) is 0 Å². The standard InChI is InChI=1S/C12H19N3O.HI/c1-9(2)8-16-11-5-3-10(4-6-11)7-15-12(13)14;/h3-6,9H,7-8H2,1-2H3,(H4,13,14,15);1H. The second-order valence-electron chi connectivity index (χ2n) is 4.09. The van der Waals surface area contributed by atoms with Gasteiger partial charge in [0, 0.05) is 0 Å². The molecule has 1 aromatic carbocycles. The lowest BCUT2D eigenvalue weighted by Gasteiger charge is -2.08. The highest BCUT2D eigenvalue weighted by molar-refractivity contribution is 14.0. The summed E-state index contributed by atoms with van der Waals surface area (Å²) in [5.41, 5.74) is 11.6. The maximum absolute atomic E-state index is 5.56.